The van der Waals surface area contributed by atoms with Gasteiger partial charge in [-0.15, -0.1) is 0 Å². The molecule has 1 amide bonds. The molecule has 1 rings (SSSR count). The summed E-state index contributed by atoms with van der Waals surface area (Å²) < 4.78 is 4.76. The summed E-state index contributed by atoms with van der Waals surface area (Å²) in [4.78, 5) is 24.7. The fourth-order valence-electron chi connectivity index (χ4n) is 1.92. The lowest BCUT2D eigenvalue weighted by atomic mass is 10.2. The number of hydrogen-bond donors (Lipinski definition) is 1. The maximum absolute atomic E-state index is 11.8. The van der Waals surface area contributed by atoms with E-state index in [9.17, 15) is 9.59 Å². The van der Waals surface area contributed by atoms with Crippen LogP contribution in [0.5, 0.6) is 0 Å². The number of rotatable bonds is 5. The van der Waals surface area contributed by atoms with Crippen molar-refractivity contribution in [3.8, 4) is 0 Å². The van der Waals surface area contributed by atoms with Gasteiger partial charge in [-0.2, -0.15) is 0 Å². The maximum atomic E-state index is 11.8. The van der Waals surface area contributed by atoms with E-state index < -0.39 is 0 Å². The van der Waals surface area contributed by atoms with Crippen LogP contribution >= 0.6 is 0 Å². The molecular weight excluding hydrogens is 220 g/mol. The zero-order chi connectivity index (χ0) is 12.5. The van der Waals surface area contributed by atoms with Gasteiger partial charge in [0, 0.05) is 13.1 Å². The van der Waals surface area contributed by atoms with Crippen molar-refractivity contribution in [1.29, 1.82) is 0 Å². The van der Waals surface area contributed by atoms with E-state index in [1.165, 1.54) is 12.8 Å². The number of esters is 1. The zero-order valence-electron chi connectivity index (χ0n) is 10.5. The first kappa shape index (κ1) is 14.0. The van der Waals surface area contributed by atoms with Crippen LogP contribution in [0.1, 0.15) is 32.6 Å². The normalized spacial score (nSPS) is 16.4. The molecule has 0 aromatic rings. The minimum absolute atomic E-state index is 0.0798. The fourth-order valence-corrected chi connectivity index (χ4v) is 1.92. The highest BCUT2D eigenvalue weighted by atomic mass is 16.5. The molecule has 1 fully saturated rings. The summed E-state index contributed by atoms with van der Waals surface area (Å²) in [5.74, 6) is -0.229. The third kappa shape index (κ3) is 5.68. The number of hydrogen-bond acceptors (Lipinski definition) is 4. The lowest BCUT2D eigenvalue weighted by Gasteiger charge is -2.20. The van der Waals surface area contributed by atoms with Crippen molar-refractivity contribution < 1.29 is 14.3 Å². The van der Waals surface area contributed by atoms with Gasteiger partial charge in [-0.3, -0.25) is 14.9 Å². The van der Waals surface area contributed by atoms with Crippen LogP contribution in [-0.4, -0.2) is 49.6 Å². The van der Waals surface area contributed by atoms with E-state index in [0.29, 0.717) is 6.61 Å². The average Bonchev–Trinajstić information content (AvgIpc) is 2.57. The van der Waals surface area contributed by atoms with Gasteiger partial charge in [-0.05, 0) is 19.8 Å². The molecule has 1 N–H and O–H groups in total. The number of nitrogens with zero attached hydrogens (tertiary/aromatic N) is 1. The lowest BCUT2D eigenvalue weighted by molar-refractivity contribution is -0.142. The van der Waals surface area contributed by atoms with Crippen LogP contribution in [-0.2, 0) is 14.3 Å². The standard InChI is InChI=1S/C12H22N2O3/c1-2-17-12(16)10-13-9-11(15)14-7-5-3-4-6-8-14/h13H,2-10H2,1H3. The molecule has 5 nitrogen and oxygen atoms in total. The van der Waals surface area contributed by atoms with Crippen LogP contribution < -0.4 is 5.32 Å². The SMILES string of the molecule is CCOC(=O)CNCC(=O)N1CCCCCC1. The van der Waals surface area contributed by atoms with E-state index >= 15 is 0 Å². The molecule has 0 atom stereocenters. The Morgan fingerprint density at radius 3 is 2.35 bits per heavy atom. The summed E-state index contributed by atoms with van der Waals surface area (Å²) in [6, 6.07) is 0. The highest BCUT2D eigenvalue weighted by Gasteiger charge is 2.15. The van der Waals surface area contributed by atoms with Crippen molar-refractivity contribution in [1.82, 2.24) is 10.2 Å². The van der Waals surface area contributed by atoms with Gasteiger partial charge in [-0.25, -0.2) is 0 Å². The molecule has 0 aromatic heterocycles. The predicted octanol–water partition coefficient (Wildman–Crippen LogP) is 0.542. The number of ether oxygens (including phenoxy) is 1. The van der Waals surface area contributed by atoms with Crippen LogP contribution in [0.15, 0.2) is 0 Å². The van der Waals surface area contributed by atoms with Crippen LogP contribution in [0, 0.1) is 0 Å². The Hall–Kier alpha value is -1.10. The molecule has 98 valence electrons. The largest absolute Gasteiger partial charge is 0.465 e. The summed E-state index contributed by atoms with van der Waals surface area (Å²) >= 11 is 0. The van der Waals surface area contributed by atoms with E-state index in [4.69, 9.17) is 4.74 Å². The first-order chi connectivity index (χ1) is 8.24. The summed E-state index contributed by atoms with van der Waals surface area (Å²) in [7, 11) is 0. The van der Waals surface area contributed by atoms with E-state index in [1.807, 2.05) is 4.90 Å². The maximum Gasteiger partial charge on any atom is 0.319 e. The summed E-state index contributed by atoms with van der Waals surface area (Å²) in [5, 5.41) is 2.82. The van der Waals surface area contributed by atoms with Crippen LogP contribution in [0.2, 0.25) is 0 Å². The lowest BCUT2D eigenvalue weighted by Crippen LogP contribution is -2.40. The molecule has 0 unspecified atom stereocenters. The molecule has 0 aliphatic carbocycles. The summed E-state index contributed by atoms with van der Waals surface area (Å²) in [6.45, 7) is 4.16. The average molecular weight is 242 g/mol. The quantitative estimate of drug-likeness (QED) is 0.715. The smallest absolute Gasteiger partial charge is 0.319 e. The third-order valence-electron chi connectivity index (χ3n) is 2.81. The topological polar surface area (TPSA) is 58.6 Å². The number of carbonyl (C=O) groups is 2. The Balaban J connectivity index is 2.17. The highest BCUT2D eigenvalue weighted by Crippen LogP contribution is 2.09. The van der Waals surface area contributed by atoms with Gasteiger partial charge < -0.3 is 9.64 Å². The summed E-state index contributed by atoms with van der Waals surface area (Å²) in [6.07, 6.45) is 4.59. The fraction of sp³-hybridized carbons (Fsp3) is 0.833. The second kappa shape index (κ2) is 8.06. The Kier molecular flexibility index (Phi) is 6.62. The summed E-state index contributed by atoms with van der Waals surface area (Å²) in [5.41, 5.74) is 0. The van der Waals surface area contributed by atoms with Crippen LogP contribution in [0.4, 0.5) is 0 Å². The van der Waals surface area contributed by atoms with Crippen molar-refractivity contribution in [3.63, 3.8) is 0 Å². The van der Waals surface area contributed by atoms with Crippen molar-refractivity contribution >= 4 is 11.9 Å². The monoisotopic (exact) mass is 242 g/mol. The van der Waals surface area contributed by atoms with E-state index in [1.54, 1.807) is 6.92 Å². The number of carbonyl (C=O) groups excluding carboxylic acids is 2. The number of amides is 1. The van der Waals surface area contributed by atoms with Crippen molar-refractivity contribution in [2.75, 3.05) is 32.8 Å². The van der Waals surface area contributed by atoms with Gasteiger partial charge in [0.1, 0.15) is 0 Å². The van der Waals surface area contributed by atoms with Gasteiger partial charge in [0.25, 0.3) is 0 Å². The number of nitrogens with one attached hydrogen (secondary N) is 1. The minimum Gasteiger partial charge on any atom is -0.465 e. The molecule has 0 saturated carbocycles. The van der Waals surface area contributed by atoms with Gasteiger partial charge >= 0.3 is 5.97 Å². The van der Waals surface area contributed by atoms with E-state index in [0.717, 1.165) is 25.9 Å². The first-order valence-electron chi connectivity index (χ1n) is 6.38. The predicted molar refractivity (Wildman–Crippen MR) is 64.6 cm³/mol. The molecule has 1 saturated heterocycles. The highest BCUT2D eigenvalue weighted by molar-refractivity contribution is 5.79. The Bertz CT molecular complexity index is 248. The van der Waals surface area contributed by atoms with Crippen LogP contribution in [0.3, 0.4) is 0 Å². The Labute approximate surface area is 102 Å². The molecule has 5 heteroatoms. The second-order valence-electron chi connectivity index (χ2n) is 4.20. The zero-order valence-corrected chi connectivity index (χ0v) is 10.5. The molecule has 0 aromatic carbocycles. The second-order valence-corrected chi connectivity index (χ2v) is 4.20. The van der Waals surface area contributed by atoms with E-state index in [2.05, 4.69) is 5.32 Å². The van der Waals surface area contributed by atoms with Gasteiger partial charge in [0.2, 0.25) is 5.91 Å². The van der Waals surface area contributed by atoms with Gasteiger partial charge in [0.05, 0.1) is 19.7 Å². The molecule has 1 aliphatic heterocycles. The van der Waals surface area contributed by atoms with Crippen LogP contribution in [0.25, 0.3) is 0 Å². The molecule has 17 heavy (non-hydrogen) atoms. The Morgan fingerprint density at radius 1 is 1.12 bits per heavy atom. The molecular formula is C12H22N2O3. The van der Waals surface area contributed by atoms with Crippen molar-refractivity contribution in [3.05, 3.63) is 0 Å². The molecule has 1 heterocycles. The molecule has 0 bridgehead atoms. The molecule has 0 spiro atoms. The van der Waals surface area contributed by atoms with Crippen molar-refractivity contribution in [2.24, 2.45) is 0 Å². The Morgan fingerprint density at radius 2 is 1.76 bits per heavy atom. The van der Waals surface area contributed by atoms with Crippen molar-refractivity contribution in [2.45, 2.75) is 32.6 Å². The van der Waals surface area contributed by atoms with E-state index in [-0.39, 0.29) is 25.0 Å². The van der Waals surface area contributed by atoms with Gasteiger partial charge in [0.15, 0.2) is 0 Å². The minimum atomic E-state index is -0.309. The third-order valence-corrected chi connectivity index (χ3v) is 2.81. The molecule has 1 aliphatic rings. The first-order valence-corrected chi connectivity index (χ1v) is 6.38. The number of likely N-dealkylation sites (tertiary alicyclic amines) is 1. The molecule has 0 radical (unpaired) electrons. The van der Waals surface area contributed by atoms with Gasteiger partial charge in [-0.1, -0.05) is 12.8 Å².